The van der Waals surface area contributed by atoms with Crippen LogP contribution in [0.4, 0.5) is 5.69 Å². The molecule has 5 heteroatoms. The van der Waals surface area contributed by atoms with Crippen molar-refractivity contribution in [1.82, 2.24) is 4.98 Å². The highest BCUT2D eigenvalue weighted by atomic mass is 32.1. The van der Waals surface area contributed by atoms with Gasteiger partial charge >= 0.3 is 0 Å². The Bertz CT molecular complexity index is 771. The van der Waals surface area contributed by atoms with Crippen molar-refractivity contribution in [2.75, 3.05) is 5.32 Å². The Kier molecular flexibility index (Phi) is 5.23. The highest BCUT2D eigenvalue weighted by Gasteiger charge is 2.18. The van der Waals surface area contributed by atoms with Crippen LogP contribution in [0.2, 0.25) is 0 Å². The lowest BCUT2D eigenvalue weighted by molar-refractivity contribution is -0.122. The summed E-state index contributed by atoms with van der Waals surface area (Å²) in [6.07, 6.45) is 1.85. The number of aromatic nitrogens is 1. The fourth-order valence-electron chi connectivity index (χ4n) is 2.27. The molecule has 0 unspecified atom stereocenters. The minimum atomic E-state index is -0.522. The molecule has 2 aromatic carbocycles. The van der Waals surface area contributed by atoms with Gasteiger partial charge in [-0.1, -0.05) is 25.1 Å². The number of rotatable bonds is 6. The van der Waals surface area contributed by atoms with Gasteiger partial charge in [-0.3, -0.25) is 4.79 Å². The number of para-hydroxylation sites is 1. The maximum absolute atomic E-state index is 12.4. The largest absolute Gasteiger partial charge is 0.481 e. The number of carbonyl (C=O) groups is 1. The summed E-state index contributed by atoms with van der Waals surface area (Å²) in [5.74, 6) is 0.543. The molecule has 3 aromatic rings. The number of thiazole rings is 1. The SMILES string of the molecule is CC[C@H](Oc1ccccc1)C(=O)Nc1ccc(-c2nccs2)cc1. The van der Waals surface area contributed by atoms with Crippen LogP contribution in [0, 0.1) is 0 Å². The Labute approximate surface area is 145 Å². The van der Waals surface area contributed by atoms with E-state index in [0.29, 0.717) is 12.2 Å². The second-order valence-electron chi connectivity index (χ2n) is 5.23. The molecule has 0 aliphatic rings. The molecule has 1 amide bonds. The lowest BCUT2D eigenvalue weighted by Gasteiger charge is -2.17. The zero-order chi connectivity index (χ0) is 16.8. The molecule has 0 saturated carbocycles. The second kappa shape index (κ2) is 7.75. The van der Waals surface area contributed by atoms with Crippen molar-refractivity contribution >= 4 is 22.9 Å². The van der Waals surface area contributed by atoms with Crippen molar-refractivity contribution in [2.24, 2.45) is 0 Å². The molecule has 1 aromatic heterocycles. The average Bonchev–Trinajstić information content (AvgIpc) is 3.16. The summed E-state index contributed by atoms with van der Waals surface area (Å²) >= 11 is 1.59. The number of nitrogens with one attached hydrogen (secondary N) is 1. The first-order valence-electron chi connectivity index (χ1n) is 7.78. The van der Waals surface area contributed by atoms with Crippen LogP contribution in [0.5, 0.6) is 5.75 Å². The van der Waals surface area contributed by atoms with Crippen molar-refractivity contribution in [3.8, 4) is 16.3 Å². The summed E-state index contributed by atoms with van der Waals surface area (Å²) in [5, 5.41) is 5.81. The molecular formula is C19H18N2O2S. The predicted molar refractivity (Wildman–Crippen MR) is 97.3 cm³/mol. The molecule has 0 spiro atoms. The van der Waals surface area contributed by atoms with Gasteiger partial charge in [0.25, 0.3) is 5.91 Å². The van der Waals surface area contributed by atoms with Crippen molar-refractivity contribution in [1.29, 1.82) is 0 Å². The lowest BCUT2D eigenvalue weighted by atomic mass is 10.2. The minimum Gasteiger partial charge on any atom is -0.481 e. The van der Waals surface area contributed by atoms with Crippen molar-refractivity contribution in [3.05, 3.63) is 66.2 Å². The lowest BCUT2D eigenvalue weighted by Crippen LogP contribution is -2.32. The number of hydrogen-bond acceptors (Lipinski definition) is 4. The van der Waals surface area contributed by atoms with Gasteiger partial charge in [0.15, 0.2) is 6.10 Å². The number of amides is 1. The summed E-state index contributed by atoms with van der Waals surface area (Å²) in [5.41, 5.74) is 1.78. The Morgan fingerprint density at radius 2 is 1.92 bits per heavy atom. The first kappa shape index (κ1) is 16.2. The monoisotopic (exact) mass is 338 g/mol. The average molecular weight is 338 g/mol. The van der Waals surface area contributed by atoms with E-state index in [2.05, 4.69) is 10.3 Å². The van der Waals surface area contributed by atoms with Crippen LogP contribution in [0.1, 0.15) is 13.3 Å². The van der Waals surface area contributed by atoms with E-state index in [1.54, 1.807) is 17.5 Å². The molecule has 0 saturated heterocycles. The molecule has 1 N–H and O–H groups in total. The normalized spacial score (nSPS) is 11.7. The van der Waals surface area contributed by atoms with Gasteiger partial charge in [-0.15, -0.1) is 11.3 Å². The zero-order valence-corrected chi connectivity index (χ0v) is 14.1. The fraction of sp³-hybridized carbons (Fsp3) is 0.158. The highest BCUT2D eigenvalue weighted by Crippen LogP contribution is 2.23. The van der Waals surface area contributed by atoms with Crippen LogP contribution in [-0.2, 0) is 4.79 Å². The van der Waals surface area contributed by atoms with E-state index in [-0.39, 0.29) is 5.91 Å². The Hall–Kier alpha value is -2.66. The Morgan fingerprint density at radius 1 is 1.17 bits per heavy atom. The van der Waals surface area contributed by atoms with E-state index in [0.717, 1.165) is 16.3 Å². The molecular weight excluding hydrogens is 320 g/mol. The van der Waals surface area contributed by atoms with Crippen LogP contribution in [-0.4, -0.2) is 17.0 Å². The highest BCUT2D eigenvalue weighted by molar-refractivity contribution is 7.13. The third-order valence-corrected chi connectivity index (χ3v) is 4.34. The summed E-state index contributed by atoms with van der Waals surface area (Å²) in [6, 6.07) is 17.0. The minimum absolute atomic E-state index is 0.150. The number of nitrogens with zero attached hydrogens (tertiary/aromatic N) is 1. The third-order valence-electron chi connectivity index (χ3n) is 3.52. The molecule has 1 heterocycles. The Balaban J connectivity index is 1.64. The van der Waals surface area contributed by atoms with Gasteiger partial charge in [0.05, 0.1) is 0 Å². The van der Waals surface area contributed by atoms with Gasteiger partial charge < -0.3 is 10.1 Å². The van der Waals surface area contributed by atoms with Gasteiger partial charge in [0.1, 0.15) is 10.8 Å². The van der Waals surface area contributed by atoms with Crippen molar-refractivity contribution in [3.63, 3.8) is 0 Å². The summed E-state index contributed by atoms with van der Waals surface area (Å²) in [6.45, 7) is 1.93. The number of ether oxygens (including phenoxy) is 1. The van der Waals surface area contributed by atoms with Crippen LogP contribution in [0.15, 0.2) is 66.2 Å². The summed E-state index contributed by atoms with van der Waals surface area (Å²) < 4.78 is 5.76. The first-order valence-corrected chi connectivity index (χ1v) is 8.66. The molecule has 0 radical (unpaired) electrons. The summed E-state index contributed by atoms with van der Waals surface area (Å²) in [7, 11) is 0. The van der Waals surface area contributed by atoms with Crippen molar-refractivity contribution < 1.29 is 9.53 Å². The Morgan fingerprint density at radius 3 is 2.54 bits per heavy atom. The molecule has 0 aliphatic heterocycles. The number of hydrogen-bond donors (Lipinski definition) is 1. The quantitative estimate of drug-likeness (QED) is 0.714. The third kappa shape index (κ3) is 4.00. The van der Waals surface area contributed by atoms with Crippen molar-refractivity contribution in [2.45, 2.75) is 19.4 Å². The predicted octanol–water partition coefficient (Wildman–Crippen LogP) is 4.61. The van der Waals surface area contributed by atoms with E-state index in [1.165, 1.54) is 0 Å². The maximum atomic E-state index is 12.4. The number of carbonyl (C=O) groups excluding carboxylic acids is 1. The second-order valence-corrected chi connectivity index (χ2v) is 6.13. The van der Waals surface area contributed by atoms with Crippen LogP contribution < -0.4 is 10.1 Å². The topological polar surface area (TPSA) is 51.2 Å². The van der Waals surface area contributed by atoms with E-state index in [4.69, 9.17) is 4.74 Å². The van der Waals surface area contributed by atoms with E-state index < -0.39 is 6.10 Å². The van der Waals surface area contributed by atoms with Crippen LogP contribution in [0.25, 0.3) is 10.6 Å². The fourth-order valence-corrected chi connectivity index (χ4v) is 2.91. The standard InChI is InChI=1S/C19H18N2O2S/c1-2-17(23-16-6-4-3-5-7-16)18(22)21-15-10-8-14(9-11-15)19-20-12-13-24-19/h3-13,17H,2H2,1H3,(H,21,22)/t17-/m0/s1. The van der Waals surface area contributed by atoms with Gasteiger partial charge in [-0.05, 0) is 42.8 Å². The molecule has 0 fully saturated rings. The zero-order valence-electron chi connectivity index (χ0n) is 13.3. The van der Waals surface area contributed by atoms with Crippen LogP contribution >= 0.6 is 11.3 Å². The van der Waals surface area contributed by atoms with Gasteiger partial charge in [-0.25, -0.2) is 4.98 Å². The molecule has 24 heavy (non-hydrogen) atoms. The molecule has 0 bridgehead atoms. The maximum Gasteiger partial charge on any atom is 0.265 e. The van der Waals surface area contributed by atoms with E-state index in [1.807, 2.05) is 66.9 Å². The molecule has 1 atom stereocenters. The molecule has 122 valence electrons. The first-order chi connectivity index (χ1) is 11.8. The molecule has 4 nitrogen and oxygen atoms in total. The summed E-state index contributed by atoms with van der Waals surface area (Å²) in [4.78, 5) is 16.7. The smallest absolute Gasteiger partial charge is 0.265 e. The van der Waals surface area contributed by atoms with Gasteiger partial charge in [0.2, 0.25) is 0 Å². The molecule has 0 aliphatic carbocycles. The molecule has 3 rings (SSSR count). The van der Waals surface area contributed by atoms with Crippen LogP contribution in [0.3, 0.4) is 0 Å². The number of anilines is 1. The van der Waals surface area contributed by atoms with Gasteiger partial charge in [0, 0.05) is 22.8 Å². The van der Waals surface area contributed by atoms with Gasteiger partial charge in [-0.2, -0.15) is 0 Å². The van der Waals surface area contributed by atoms with E-state index >= 15 is 0 Å². The number of benzene rings is 2. The van der Waals surface area contributed by atoms with E-state index in [9.17, 15) is 4.79 Å².